The third-order valence-corrected chi connectivity index (χ3v) is 7.07. The third kappa shape index (κ3) is 6.26. The summed E-state index contributed by atoms with van der Waals surface area (Å²) in [4.78, 5) is 14.5. The van der Waals surface area contributed by atoms with E-state index in [-0.39, 0.29) is 16.7 Å². The lowest BCUT2D eigenvalue weighted by Crippen LogP contribution is -2.38. The van der Waals surface area contributed by atoms with Gasteiger partial charge in [-0.1, -0.05) is 49.4 Å². The number of rotatable bonds is 8. The second-order valence-corrected chi connectivity index (χ2v) is 9.59. The lowest BCUT2D eigenvalue weighted by atomic mass is 9.87. The molecular weight excluding hydrogens is 412 g/mol. The topological polar surface area (TPSA) is 86.7 Å². The van der Waals surface area contributed by atoms with Gasteiger partial charge in [0, 0.05) is 25.7 Å². The first-order chi connectivity index (χ1) is 14.9. The van der Waals surface area contributed by atoms with Gasteiger partial charge >= 0.3 is 0 Å². The predicted octanol–water partition coefficient (Wildman–Crippen LogP) is 3.36. The first-order valence-electron chi connectivity index (χ1n) is 10.7. The van der Waals surface area contributed by atoms with Crippen molar-refractivity contribution in [1.82, 2.24) is 9.62 Å². The molecule has 1 unspecified atom stereocenters. The largest absolute Gasteiger partial charge is 0.388 e. The van der Waals surface area contributed by atoms with Crippen molar-refractivity contribution in [2.24, 2.45) is 5.92 Å². The molecule has 0 aromatic heterocycles. The zero-order valence-electron chi connectivity index (χ0n) is 17.8. The first-order valence-corrected chi connectivity index (χ1v) is 12.2. The minimum Gasteiger partial charge on any atom is -0.388 e. The molecule has 31 heavy (non-hydrogen) atoms. The van der Waals surface area contributed by atoms with Crippen molar-refractivity contribution < 1.29 is 18.3 Å². The van der Waals surface area contributed by atoms with Crippen LogP contribution in [0.15, 0.2) is 65.6 Å². The number of carbonyl (C=O) groups excluding carboxylic acids is 1. The molecule has 0 aliphatic carbocycles. The maximum atomic E-state index is 12.5. The van der Waals surface area contributed by atoms with E-state index < -0.39 is 16.1 Å². The van der Waals surface area contributed by atoms with E-state index >= 15 is 0 Å². The molecule has 166 valence electrons. The van der Waals surface area contributed by atoms with Gasteiger partial charge in [-0.2, -0.15) is 0 Å². The molecule has 6 nitrogen and oxygen atoms in total. The Balaban J connectivity index is 1.53. The highest BCUT2D eigenvalue weighted by Crippen LogP contribution is 2.30. The fraction of sp³-hybridized carbons (Fsp3) is 0.375. The van der Waals surface area contributed by atoms with Crippen LogP contribution in [0.1, 0.15) is 43.4 Å². The lowest BCUT2D eigenvalue weighted by Gasteiger charge is -2.33. The van der Waals surface area contributed by atoms with Crippen molar-refractivity contribution in [2.75, 3.05) is 19.6 Å². The van der Waals surface area contributed by atoms with Gasteiger partial charge in [-0.05, 0) is 54.5 Å². The molecule has 7 heteroatoms. The van der Waals surface area contributed by atoms with Crippen molar-refractivity contribution in [3.05, 3.63) is 71.8 Å². The summed E-state index contributed by atoms with van der Waals surface area (Å²) in [6.07, 6.45) is 4.95. The number of nitrogens with zero attached hydrogens (tertiary/aromatic N) is 1. The molecule has 0 saturated carbocycles. The van der Waals surface area contributed by atoms with Crippen LogP contribution >= 0.6 is 0 Å². The number of likely N-dealkylation sites (tertiary alicyclic amines) is 1. The maximum absolute atomic E-state index is 12.5. The van der Waals surface area contributed by atoms with E-state index in [1.807, 2.05) is 37.3 Å². The van der Waals surface area contributed by atoms with Crippen molar-refractivity contribution in [3.63, 3.8) is 0 Å². The van der Waals surface area contributed by atoms with E-state index in [1.54, 1.807) is 35.2 Å². The minimum absolute atomic E-state index is 0.0750. The Morgan fingerprint density at radius 1 is 1.13 bits per heavy atom. The van der Waals surface area contributed by atoms with E-state index in [1.165, 1.54) is 6.08 Å². The number of amides is 1. The summed E-state index contributed by atoms with van der Waals surface area (Å²) >= 11 is 0. The SMILES string of the molecule is CCCNS(=O)(=O)c1ccc(/C=C/C(=O)N2CCC(C(O)c3ccccc3)CC2)cc1. The highest BCUT2D eigenvalue weighted by molar-refractivity contribution is 7.89. The van der Waals surface area contributed by atoms with Gasteiger partial charge < -0.3 is 10.0 Å². The average molecular weight is 443 g/mol. The Kier molecular flexibility index (Phi) is 8.01. The van der Waals surface area contributed by atoms with Crippen LogP contribution in [-0.4, -0.2) is 44.0 Å². The van der Waals surface area contributed by atoms with E-state index in [2.05, 4.69) is 4.72 Å². The molecule has 0 bridgehead atoms. The van der Waals surface area contributed by atoms with Crippen LogP contribution in [0.5, 0.6) is 0 Å². The Morgan fingerprint density at radius 2 is 1.77 bits per heavy atom. The van der Waals surface area contributed by atoms with Gasteiger partial charge in [0.1, 0.15) is 0 Å². The van der Waals surface area contributed by atoms with Crippen LogP contribution in [0.25, 0.3) is 6.08 Å². The van der Waals surface area contributed by atoms with Gasteiger partial charge in [0.25, 0.3) is 0 Å². The molecule has 1 fully saturated rings. The summed E-state index contributed by atoms with van der Waals surface area (Å²) in [6, 6.07) is 16.1. The molecule has 1 saturated heterocycles. The van der Waals surface area contributed by atoms with Crippen molar-refractivity contribution in [1.29, 1.82) is 0 Å². The molecule has 0 spiro atoms. The monoisotopic (exact) mass is 442 g/mol. The number of aliphatic hydroxyl groups excluding tert-OH is 1. The van der Waals surface area contributed by atoms with Gasteiger partial charge in [0.15, 0.2) is 0 Å². The molecule has 2 N–H and O–H groups in total. The number of aliphatic hydroxyl groups is 1. The first kappa shape index (κ1) is 23.2. The Hall–Kier alpha value is -2.48. The van der Waals surface area contributed by atoms with E-state index in [0.717, 1.165) is 30.4 Å². The summed E-state index contributed by atoms with van der Waals surface area (Å²) in [5.41, 5.74) is 1.68. The van der Waals surface area contributed by atoms with Crippen LogP contribution < -0.4 is 4.72 Å². The van der Waals surface area contributed by atoms with Gasteiger partial charge in [-0.25, -0.2) is 13.1 Å². The third-order valence-electron chi connectivity index (χ3n) is 5.59. The van der Waals surface area contributed by atoms with Gasteiger partial charge in [-0.3, -0.25) is 4.79 Å². The van der Waals surface area contributed by atoms with Crippen LogP contribution in [0.2, 0.25) is 0 Å². The second-order valence-electron chi connectivity index (χ2n) is 7.82. The molecule has 2 aromatic carbocycles. The normalized spacial score (nSPS) is 16.5. The molecular formula is C24H30N2O4S. The van der Waals surface area contributed by atoms with Crippen molar-refractivity contribution >= 4 is 22.0 Å². The smallest absolute Gasteiger partial charge is 0.246 e. The van der Waals surface area contributed by atoms with Gasteiger partial charge in [-0.15, -0.1) is 0 Å². The van der Waals surface area contributed by atoms with Crippen LogP contribution in [-0.2, 0) is 14.8 Å². The molecule has 1 amide bonds. The standard InChI is InChI=1S/C24H30N2O4S/c1-2-16-25-31(29,30)22-11-8-19(9-12-22)10-13-23(27)26-17-14-21(15-18-26)24(28)20-6-4-3-5-7-20/h3-13,21,24-25,28H,2,14-18H2,1H3/b13-10+. The van der Waals surface area contributed by atoms with Crippen molar-refractivity contribution in [2.45, 2.75) is 37.2 Å². The maximum Gasteiger partial charge on any atom is 0.246 e. The highest BCUT2D eigenvalue weighted by Gasteiger charge is 2.27. The summed E-state index contributed by atoms with van der Waals surface area (Å²) in [5, 5.41) is 10.6. The van der Waals surface area contributed by atoms with Gasteiger partial charge in [0.05, 0.1) is 11.0 Å². The van der Waals surface area contributed by atoms with E-state index in [4.69, 9.17) is 0 Å². The summed E-state index contributed by atoms with van der Waals surface area (Å²) in [5.74, 6) is 0.0696. The number of benzene rings is 2. The Labute approximate surface area is 184 Å². The minimum atomic E-state index is -3.49. The summed E-state index contributed by atoms with van der Waals surface area (Å²) in [6.45, 7) is 3.52. The van der Waals surface area contributed by atoms with E-state index in [9.17, 15) is 18.3 Å². The lowest BCUT2D eigenvalue weighted by molar-refractivity contribution is -0.127. The molecule has 2 aromatic rings. The number of hydrogen-bond donors (Lipinski definition) is 2. The zero-order valence-corrected chi connectivity index (χ0v) is 18.6. The highest BCUT2D eigenvalue weighted by atomic mass is 32.2. The van der Waals surface area contributed by atoms with Crippen LogP contribution in [0.3, 0.4) is 0 Å². The fourth-order valence-corrected chi connectivity index (χ4v) is 4.84. The fourth-order valence-electron chi connectivity index (χ4n) is 3.71. The Morgan fingerprint density at radius 3 is 2.39 bits per heavy atom. The summed E-state index contributed by atoms with van der Waals surface area (Å²) in [7, 11) is -3.49. The zero-order chi connectivity index (χ0) is 22.3. The molecule has 1 atom stereocenters. The molecule has 1 aliphatic rings. The Bertz CT molecular complexity index is 980. The van der Waals surface area contributed by atoms with Crippen molar-refractivity contribution in [3.8, 4) is 0 Å². The predicted molar refractivity (Wildman–Crippen MR) is 122 cm³/mol. The number of carbonyl (C=O) groups is 1. The number of sulfonamides is 1. The number of nitrogens with one attached hydrogen (secondary N) is 1. The summed E-state index contributed by atoms with van der Waals surface area (Å²) < 4.78 is 26.8. The average Bonchev–Trinajstić information content (AvgIpc) is 2.81. The second kappa shape index (κ2) is 10.7. The number of hydrogen-bond acceptors (Lipinski definition) is 4. The molecule has 1 heterocycles. The molecule has 3 rings (SSSR count). The van der Waals surface area contributed by atoms with Crippen LogP contribution in [0.4, 0.5) is 0 Å². The molecule has 1 aliphatic heterocycles. The quantitative estimate of drug-likeness (QED) is 0.614. The van der Waals surface area contributed by atoms with Crippen LogP contribution in [0, 0.1) is 5.92 Å². The van der Waals surface area contributed by atoms with E-state index in [0.29, 0.717) is 19.6 Å². The van der Waals surface area contributed by atoms with Gasteiger partial charge in [0.2, 0.25) is 15.9 Å². The number of piperidine rings is 1. The molecule has 0 radical (unpaired) electrons.